The van der Waals surface area contributed by atoms with Gasteiger partial charge in [-0.25, -0.2) is 4.72 Å². The summed E-state index contributed by atoms with van der Waals surface area (Å²) in [4.78, 5) is 0. The van der Waals surface area contributed by atoms with Crippen LogP contribution in [0.1, 0.15) is 0 Å². The van der Waals surface area contributed by atoms with Gasteiger partial charge in [0, 0.05) is 7.05 Å². The Kier molecular flexibility index (Phi) is 3.67. The van der Waals surface area contributed by atoms with E-state index in [0.717, 1.165) is 0 Å². The first-order chi connectivity index (χ1) is 6.85. The minimum atomic E-state index is -3.62. The predicted octanol–water partition coefficient (Wildman–Crippen LogP) is 1.58. The molecule has 0 atom stereocenters. The van der Waals surface area contributed by atoms with Crippen LogP contribution in [-0.2, 0) is 10.2 Å². The highest BCUT2D eigenvalue weighted by Crippen LogP contribution is 2.34. The van der Waals surface area contributed by atoms with E-state index in [0.29, 0.717) is 0 Å². The predicted molar refractivity (Wildman–Crippen MR) is 59.7 cm³/mol. The SMILES string of the molecule is CNS(=O)(=O)Nc1cc(Cl)c(O)c(Cl)c1. The van der Waals surface area contributed by atoms with Gasteiger partial charge in [0.05, 0.1) is 15.7 Å². The van der Waals surface area contributed by atoms with Crippen molar-refractivity contribution in [2.45, 2.75) is 0 Å². The van der Waals surface area contributed by atoms with E-state index in [-0.39, 0.29) is 21.5 Å². The first kappa shape index (κ1) is 12.4. The average Bonchev–Trinajstić information content (AvgIpc) is 2.13. The summed E-state index contributed by atoms with van der Waals surface area (Å²) in [6.07, 6.45) is 0. The maximum Gasteiger partial charge on any atom is 0.298 e. The van der Waals surface area contributed by atoms with Crippen molar-refractivity contribution in [2.75, 3.05) is 11.8 Å². The van der Waals surface area contributed by atoms with Gasteiger partial charge in [-0.15, -0.1) is 0 Å². The van der Waals surface area contributed by atoms with Gasteiger partial charge in [-0.3, -0.25) is 4.72 Å². The molecular formula is C7H8Cl2N2O3S. The lowest BCUT2D eigenvalue weighted by atomic mass is 10.3. The number of benzene rings is 1. The number of phenolic OH excluding ortho intramolecular Hbond substituents is 1. The molecular weight excluding hydrogens is 263 g/mol. The third-order valence-electron chi connectivity index (χ3n) is 1.54. The van der Waals surface area contributed by atoms with Crippen molar-refractivity contribution in [1.82, 2.24) is 4.72 Å². The largest absolute Gasteiger partial charge is 0.505 e. The molecule has 0 radical (unpaired) electrons. The van der Waals surface area contributed by atoms with Gasteiger partial charge in [-0.05, 0) is 12.1 Å². The first-order valence-corrected chi connectivity index (χ1v) is 5.99. The molecule has 0 unspecified atom stereocenters. The van der Waals surface area contributed by atoms with Crippen LogP contribution in [-0.4, -0.2) is 20.6 Å². The number of anilines is 1. The molecule has 0 fully saturated rings. The lowest BCUT2D eigenvalue weighted by Gasteiger charge is -2.08. The van der Waals surface area contributed by atoms with Crippen molar-refractivity contribution in [2.24, 2.45) is 0 Å². The van der Waals surface area contributed by atoms with Gasteiger partial charge in [-0.1, -0.05) is 23.2 Å². The van der Waals surface area contributed by atoms with Crippen LogP contribution < -0.4 is 9.44 Å². The van der Waals surface area contributed by atoms with E-state index < -0.39 is 10.2 Å². The summed E-state index contributed by atoms with van der Waals surface area (Å²) >= 11 is 11.2. The highest BCUT2D eigenvalue weighted by molar-refractivity contribution is 7.90. The Balaban J connectivity index is 3.08. The van der Waals surface area contributed by atoms with Gasteiger partial charge in [0.15, 0.2) is 5.75 Å². The fourth-order valence-electron chi connectivity index (χ4n) is 0.831. The molecule has 0 saturated carbocycles. The number of rotatable bonds is 3. The van der Waals surface area contributed by atoms with Crippen molar-refractivity contribution in [1.29, 1.82) is 0 Å². The van der Waals surface area contributed by atoms with Crippen molar-refractivity contribution in [3.8, 4) is 5.75 Å². The maximum atomic E-state index is 11.1. The smallest absolute Gasteiger partial charge is 0.298 e. The molecule has 1 rings (SSSR count). The van der Waals surface area contributed by atoms with Crippen LogP contribution >= 0.6 is 23.2 Å². The van der Waals surface area contributed by atoms with E-state index in [4.69, 9.17) is 23.2 Å². The van der Waals surface area contributed by atoms with Crippen molar-refractivity contribution in [3.05, 3.63) is 22.2 Å². The molecule has 0 aliphatic rings. The number of aromatic hydroxyl groups is 1. The highest BCUT2D eigenvalue weighted by Gasteiger charge is 2.10. The second-order valence-electron chi connectivity index (χ2n) is 2.60. The zero-order valence-corrected chi connectivity index (χ0v) is 9.91. The second kappa shape index (κ2) is 4.44. The second-order valence-corrected chi connectivity index (χ2v) is 5.03. The van der Waals surface area contributed by atoms with E-state index in [1.165, 1.54) is 19.2 Å². The molecule has 0 spiro atoms. The Morgan fingerprint density at radius 2 is 1.73 bits per heavy atom. The van der Waals surface area contributed by atoms with Crippen molar-refractivity contribution >= 4 is 39.1 Å². The minimum Gasteiger partial charge on any atom is -0.505 e. The molecule has 8 heteroatoms. The zero-order chi connectivity index (χ0) is 11.6. The third-order valence-corrected chi connectivity index (χ3v) is 3.16. The number of hydrogen-bond acceptors (Lipinski definition) is 3. The van der Waals surface area contributed by atoms with Crippen LogP contribution in [0.5, 0.6) is 5.75 Å². The molecule has 84 valence electrons. The number of hydrogen-bond donors (Lipinski definition) is 3. The fourth-order valence-corrected chi connectivity index (χ4v) is 1.85. The molecule has 1 aromatic rings. The monoisotopic (exact) mass is 270 g/mol. The average molecular weight is 271 g/mol. The Morgan fingerprint density at radius 3 is 2.13 bits per heavy atom. The molecule has 0 amide bonds. The number of halogens is 2. The normalized spacial score (nSPS) is 11.4. The molecule has 3 N–H and O–H groups in total. The zero-order valence-electron chi connectivity index (χ0n) is 7.58. The number of phenols is 1. The van der Waals surface area contributed by atoms with Crippen LogP contribution in [0, 0.1) is 0 Å². The fraction of sp³-hybridized carbons (Fsp3) is 0.143. The molecule has 15 heavy (non-hydrogen) atoms. The molecule has 0 bridgehead atoms. The summed E-state index contributed by atoms with van der Waals surface area (Å²) in [5, 5.41) is 9.17. The number of nitrogens with one attached hydrogen (secondary N) is 2. The van der Waals surface area contributed by atoms with Gasteiger partial charge in [0.2, 0.25) is 0 Å². The summed E-state index contributed by atoms with van der Waals surface area (Å²) in [5.74, 6) is -0.286. The van der Waals surface area contributed by atoms with E-state index in [1.807, 2.05) is 0 Å². The van der Waals surface area contributed by atoms with Crippen LogP contribution in [0.4, 0.5) is 5.69 Å². The molecule has 0 saturated heterocycles. The van der Waals surface area contributed by atoms with Crippen molar-refractivity contribution in [3.63, 3.8) is 0 Å². The quantitative estimate of drug-likeness (QED) is 0.730. The van der Waals surface area contributed by atoms with Crippen molar-refractivity contribution < 1.29 is 13.5 Å². The lowest BCUT2D eigenvalue weighted by Crippen LogP contribution is -2.26. The van der Waals surface area contributed by atoms with E-state index in [1.54, 1.807) is 0 Å². The van der Waals surface area contributed by atoms with Gasteiger partial charge >= 0.3 is 0 Å². The van der Waals surface area contributed by atoms with E-state index in [9.17, 15) is 13.5 Å². The van der Waals surface area contributed by atoms with Crippen LogP contribution in [0.15, 0.2) is 12.1 Å². The van der Waals surface area contributed by atoms with Crippen LogP contribution in [0.3, 0.4) is 0 Å². The topological polar surface area (TPSA) is 78.4 Å². The maximum absolute atomic E-state index is 11.1. The highest BCUT2D eigenvalue weighted by atomic mass is 35.5. The molecule has 0 aromatic heterocycles. The lowest BCUT2D eigenvalue weighted by molar-refractivity contribution is 0.476. The molecule has 0 heterocycles. The summed E-state index contributed by atoms with van der Waals surface area (Å²) in [6, 6.07) is 2.50. The van der Waals surface area contributed by atoms with E-state index >= 15 is 0 Å². The Hall–Kier alpha value is -0.690. The van der Waals surface area contributed by atoms with Gasteiger partial charge in [-0.2, -0.15) is 8.42 Å². The summed E-state index contributed by atoms with van der Waals surface area (Å²) < 4.78 is 26.4. The Morgan fingerprint density at radius 1 is 1.27 bits per heavy atom. The minimum absolute atomic E-state index is 0.0312. The van der Waals surface area contributed by atoms with Crippen LogP contribution in [0.2, 0.25) is 10.0 Å². The van der Waals surface area contributed by atoms with Gasteiger partial charge in [0.25, 0.3) is 10.2 Å². The standard InChI is InChI=1S/C7H8Cl2N2O3S/c1-10-15(13,14)11-4-2-5(8)7(12)6(9)3-4/h2-3,10-12H,1H3. The van der Waals surface area contributed by atoms with Crippen LogP contribution in [0.25, 0.3) is 0 Å². The molecule has 1 aromatic carbocycles. The molecule has 0 aliphatic carbocycles. The molecule has 5 nitrogen and oxygen atoms in total. The Bertz CT molecular complexity index is 452. The van der Waals surface area contributed by atoms with Gasteiger partial charge in [0.1, 0.15) is 0 Å². The van der Waals surface area contributed by atoms with Gasteiger partial charge < -0.3 is 5.11 Å². The van der Waals surface area contributed by atoms with E-state index in [2.05, 4.69) is 9.44 Å². The summed E-state index contributed by atoms with van der Waals surface area (Å²) in [5.41, 5.74) is 0.164. The summed E-state index contributed by atoms with van der Waals surface area (Å²) in [7, 11) is -2.36. The molecule has 0 aliphatic heterocycles. The third kappa shape index (κ3) is 3.13. The summed E-state index contributed by atoms with van der Waals surface area (Å²) in [6.45, 7) is 0. The first-order valence-electron chi connectivity index (χ1n) is 3.75. The Labute approximate surface area is 97.2 Å².